The SMILES string of the molecule is COc1ccc(CN2CCN(CC(=O)c3c(C)[nH]c4ccccc34)CC2)cc1F. The number of fused-ring (bicyclic) bond motifs is 1. The fourth-order valence-electron chi connectivity index (χ4n) is 4.09. The monoisotopic (exact) mass is 395 g/mol. The maximum absolute atomic E-state index is 13.9. The first-order valence-electron chi connectivity index (χ1n) is 9.93. The molecule has 0 bridgehead atoms. The molecule has 0 atom stereocenters. The average molecular weight is 395 g/mol. The number of nitrogens with one attached hydrogen (secondary N) is 1. The molecule has 0 radical (unpaired) electrons. The number of halogens is 1. The van der Waals surface area contributed by atoms with Gasteiger partial charge < -0.3 is 9.72 Å². The van der Waals surface area contributed by atoms with Crippen molar-refractivity contribution >= 4 is 16.7 Å². The molecule has 5 nitrogen and oxygen atoms in total. The van der Waals surface area contributed by atoms with Crippen LogP contribution in [0, 0.1) is 12.7 Å². The van der Waals surface area contributed by atoms with Crippen LogP contribution in [0.1, 0.15) is 21.6 Å². The van der Waals surface area contributed by atoms with Gasteiger partial charge in [-0.3, -0.25) is 14.6 Å². The Morgan fingerprint density at radius 2 is 1.83 bits per heavy atom. The number of rotatable bonds is 6. The molecule has 152 valence electrons. The molecule has 2 aromatic carbocycles. The number of piperazine rings is 1. The van der Waals surface area contributed by atoms with Crippen LogP contribution >= 0.6 is 0 Å². The van der Waals surface area contributed by atoms with Crippen LogP contribution in [-0.4, -0.2) is 60.4 Å². The van der Waals surface area contributed by atoms with Crippen molar-refractivity contribution in [3.05, 3.63) is 65.1 Å². The lowest BCUT2D eigenvalue weighted by atomic mass is 10.1. The molecule has 1 aliphatic heterocycles. The molecular formula is C23H26FN3O2. The Bertz CT molecular complexity index is 1020. The van der Waals surface area contributed by atoms with Gasteiger partial charge in [0.2, 0.25) is 0 Å². The number of H-pyrrole nitrogens is 1. The van der Waals surface area contributed by atoms with E-state index >= 15 is 0 Å². The topological polar surface area (TPSA) is 48.6 Å². The molecule has 0 amide bonds. The van der Waals surface area contributed by atoms with Crippen molar-refractivity contribution in [2.45, 2.75) is 13.5 Å². The predicted molar refractivity (Wildman–Crippen MR) is 112 cm³/mol. The van der Waals surface area contributed by atoms with Crippen LogP contribution in [0.5, 0.6) is 5.75 Å². The molecular weight excluding hydrogens is 369 g/mol. The summed E-state index contributed by atoms with van der Waals surface area (Å²) in [5.41, 5.74) is 3.67. The van der Waals surface area contributed by atoms with Gasteiger partial charge in [-0.15, -0.1) is 0 Å². The van der Waals surface area contributed by atoms with Gasteiger partial charge in [-0.2, -0.15) is 0 Å². The van der Waals surface area contributed by atoms with Gasteiger partial charge in [-0.25, -0.2) is 4.39 Å². The molecule has 1 N–H and O–H groups in total. The summed E-state index contributed by atoms with van der Waals surface area (Å²) in [6.45, 7) is 6.44. The Kier molecular flexibility index (Phi) is 5.65. The second-order valence-electron chi connectivity index (χ2n) is 7.61. The summed E-state index contributed by atoms with van der Waals surface area (Å²) in [6, 6.07) is 13.0. The minimum atomic E-state index is -0.330. The molecule has 4 rings (SSSR count). The highest BCUT2D eigenvalue weighted by Gasteiger charge is 2.22. The van der Waals surface area contributed by atoms with Gasteiger partial charge in [0.05, 0.1) is 13.7 Å². The van der Waals surface area contributed by atoms with Gasteiger partial charge in [0.1, 0.15) is 0 Å². The number of Topliss-reactive ketones (excluding diaryl/α,β-unsaturated/α-hetero) is 1. The smallest absolute Gasteiger partial charge is 0.179 e. The highest BCUT2D eigenvalue weighted by atomic mass is 19.1. The Morgan fingerprint density at radius 1 is 1.10 bits per heavy atom. The van der Waals surface area contributed by atoms with Crippen LogP contribution in [0.15, 0.2) is 42.5 Å². The van der Waals surface area contributed by atoms with Crippen molar-refractivity contribution in [1.29, 1.82) is 0 Å². The molecule has 2 heterocycles. The zero-order chi connectivity index (χ0) is 20.4. The molecule has 3 aromatic rings. The first-order chi connectivity index (χ1) is 14.0. The van der Waals surface area contributed by atoms with Gasteiger partial charge >= 0.3 is 0 Å². The van der Waals surface area contributed by atoms with Crippen molar-refractivity contribution < 1.29 is 13.9 Å². The van der Waals surface area contributed by atoms with Crippen molar-refractivity contribution in [2.24, 2.45) is 0 Å². The Labute approximate surface area is 170 Å². The molecule has 1 aromatic heterocycles. The molecule has 0 unspecified atom stereocenters. The third-order valence-electron chi connectivity index (χ3n) is 5.63. The first-order valence-corrected chi connectivity index (χ1v) is 9.93. The van der Waals surface area contributed by atoms with Crippen LogP contribution in [0.2, 0.25) is 0 Å². The number of aromatic amines is 1. The zero-order valence-corrected chi connectivity index (χ0v) is 16.9. The lowest BCUT2D eigenvalue weighted by molar-refractivity contribution is 0.0844. The van der Waals surface area contributed by atoms with E-state index in [4.69, 9.17) is 4.74 Å². The number of carbonyl (C=O) groups excluding carboxylic acids is 1. The van der Waals surface area contributed by atoms with Gasteiger partial charge in [0.25, 0.3) is 0 Å². The number of methoxy groups -OCH3 is 1. The molecule has 0 saturated carbocycles. The van der Waals surface area contributed by atoms with Crippen LogP contribution < -0.4 is 4.74 Å². The van der Waals surface area contributed by atoms with Gasteiger partial charge in [-0.05, 0) is 30.7 Å². The summed E-state index contributed by atoms with van der Waals surface area (Å²) in [6.07, 6.45) is 0. The molecule has 1 aliphatic rings. The van der Waals surface area contributed by atoms with E-state index < -0.39 is 0 Å². The third-order valence-corrected chi connectivity index (χ3v) is 5.63. The van der Waals surface area contributed by atoms with E-state index in [9.17, 15) is 9.18 Å². The fourth-order valence-corrected chi connectivity index (χ4v) is 4.09. The van der Waals surface area contributed by atoms with Crippen LogP contribution in [-0.2, 0) is 6.54 Å². The Hall–Kier alpha value is -2.70. The van der Waals surface area contributed by atoms with Gasteiger partial charge in [0.15, 0.2) is 17.3 Å². The van der Waals surface area contributed by atoms with Crippen molar-refractivity contribution in [2.75, 3.05) is 39.8 Å². The number of para-hydroxylation sites is 1. The van der Waals surface area contributed by atoms with Crippen molar-refractivity contribution in [3.63, 3.8) is 0 Å². The molecule has 0 spiro atoms. The molecule has 1 fully saturated rings. The lowest BCUT2D eigenvalue weighted by Crippen LogP contribution is -2.47. The fraction of sp³-hybridized carbons (Fsp3) is 0.348. The average Bonchev–Trinajstić information content (AvgIpc) is 3.05. The van der Waals surface area contributed by atoms with Crippen molar-refractivity contribution in [1.82, 2.24) is 14.8 Å². The minimum Gasteiger partial charge on any atom is -0.494 e. The summed E-state index contributed by atoms with van der Waals surface area (Å²) in [7, 11) is 1.47. The summed E-state index contributed by atoms with van der Waals surface area (Å²) < 4.78 is 18.9. The Morgan fingerprint density at radius 3 is 2.55 bits per heavy atom. The number of aromatic nitrogens is 1. The minimum absolute atomic E-state index is 0.158. The third kappa shape index (κ3) is 4.18. The highest BCUT2D eigenvalue weighted by molar-refractivity contribution is 6.10. The van der Waals surface area contributed by atoms with E-state index in [2.05, 4.69) is 14.8 Å². The molecule has 1 saturated heterocycles. The van der Waals surface area contributed by atoms with E-state index in [0.717, 1.165) is 53.9 Å². The highest BCUT2D eigenvalue weighted by Crippen LogP contribution is 2.23. The van der Waals surface area contributed by atoms with Crippen molar-refractivity contribution in [3.8, 4) is 5.75 Å². The number of nitrogens with zero attached hydrogens (tertiary/aromatic N) is 2. The standard InChI is InChI=1S/C23H26FN3O2/c1-16-23(18-5-3-4-6-20(18)25-16)21(28)15-27-11-9-26(10-12-27)14-17-7-8-22(29-2)19(24)13-17/h3-8,13,25H,9-12,14-15H2,1-2H3. The van der Waals surface area contributed by atoms with Gasteiger partial charge in [-0.1, -0.05) is 24.3 Å². The summed E-state index contributed by atoms with van der Waals surface area (Å²) in [5, 5.41) is 0.996. The number of hydrogen-bond acceptors (Lipinski definition) is 4. The summed E-state index contributed by atoms with van der Waals surface area (Å²) in [4.78, 5) is 20.7. The second-order valence-corrected chi connectivity index (χ2v) is 7.61. The summed E-state index contributed by atoms with van der Waals surface area (Å²) in [5.74, 6) is 0.0959. The normalized spacial score (nSPS) is 15.7. The maximum atomic E-state index is 13.9. The van der Waals surface area contributed by atoms with Crippen LogP contribution in [0.4, 0.5) is 4.39 Å². The molecule has 0 aliphatic carbocycles. The quantitative estimate of drug-likeness (QED) is 0.648. The lowest BCUT2D eigenvalue weighted by Gasteiger charge is -2.34. The number of benzene rings is 2. The number of ketones is 1. The van der Waals surface area contributed by atoms with Crippen LogP contribution in [0.3, 0.4) is 0 Å². The maximum Gasteiger partial charge on any atom is 0.179 e. The molecule has 29 heavy (non-hydrogen) atoms. The van der Waals surface area contributed by atoms with Crippen LogP contribution in [0.25, 0.3) is 10.9 Å². The number of carbonyl (C=O) groups is 1. The largest absolute Gasteiger partial charge is 0.494 e. The summed E-state index contributed by atoms with van der Waals surface area (Å²) >= 11 is 0. The van der Waals surface area contributed by atoms with E-state index in [1.54, 1.807) is 6.07 Å². The van der Waals surface area contributed by atoms with E-state index in [-0.39, 0.29) is 17.3 Å². The number of ether oxygens (including phenoxy) is 1. The van der Waals surface area contributed by atoms with E-state index in [0.29, 0.717) is 13.1 Å². The number of aryl methyl sites for hydroxylation is 1. The predicted octanol–water partition coefficient (Wildman–Crippen LogP) is 3.62. The Balaban J connectivity index is 1.34. The first kappa shape index (κ1) is 19.6. The number of hydrogen-bond donors (Lipinski definition) is 1. The van der Waals surface area contributed by atoms with E-state index in [1.165, 1.54) is 13.2 Å². The second kappa shape index (κ2) is 8.35. The van der Waals surface area contributed by atoms with E-state index in [1.807, 2.05) is 37.3 Å². The zero-order valence-electron chi connectivity index (χ0n) is 16.9. The molecule has 6 heteroatoms. The van der Waals surface area contributed by atoms with Gasteiger partial charge in [0, 0.05) is 54.9 Å².